The van der Waals surface area contributed by atoms with Gasteiger partial charge in [-0.3, -0.25) is 14.8 Å². The minimum absolute atomic E-state index is 0.0776. The lowest BCUT2D eigenvalue weighted by Gasteiger charge is -2.31. The fourth-order valence-electron chi connectivity index (χ4n) is 5.62. The zero-order chi connectivity index (χ0) is 30.9. The molecule has 0 radical (unpaired) electrons. The molecule has 4 heterocycles. The number of amides is 1. The number of hydrogen-bond donors (Lipinski definition) is 2. The molecule has 1 amide bonds. The second-order valence-corrected chi connectivity index (χ2v) is 11.7. The number of rotatable bonds is 7. The number of aromatic nitrogens is 4. The number of nitriles is 1. The van der Waals surface area contributed by atoms with Gasteiger partial charge in [0.15, 0.2) is 10.8 Å². The smallest absolute Gasteiger partial charge is 0.355 e. The first-order valence-corrected chi connectivity index (χ1v) is 15.1. The summed E-state index contributed by atoms with van der Waals surface area (Å²) in [7, 11) is 0. The van der Waals surface area contributed by atoms with E-state index in [0.29, 0.717) is 59.3 Å². The lowest BCUT2D eigenvalue weighted by atomic mass is 9.94. The molecule has 3 aromatic carbocycles. The molecule has 0 saturated carbocycles. The van der Waals surface area contributed by atoms with Crippen LogP contribution in [-0.4, -0.2) is 43.3 Å². The van der Waals surface area contributed by atoms with Crippen LogP contribution in [0.15, 0.2) is 91.3 Å². The molecular formula is C34H25N7O3S. The maximum absolute atomic E-state index is 13.4. The molecule has 0 bridgehead atoms. The number of pyridine rings is 1. The van der Waals surface area contributed by atoms with E-state index in [1.165, 1.54) is 11.3 Å². The maximum atomic E-state index is 13.4. The van der Waals surface area contributed by atoms with E-state index >= 15 is 0 Å². The topological polar surface area (TPSA) is 137 Å². The van der Waals surface area contributed by atoms with Gasteiger partial charge in [0.05, 0.1) is 34.6 Å². The van der Waals surface area contributed by atoms with Gasteiger partial charge in [-0.15, -0.1) is 0 Å². The van der Waals surface area contributed by atoms with Crippen LogP contribution in [0.5, 0.6) is 0 Å². The number of anilines is 2. The Kier molecular flexibility index (Phi) is 7.25. The molecule has 220 valence electrons. The Bertz CT molecular complexity index is 2110. The largest absolute Gasteiger partial charge is 0.476 e. The van der Waals surface area contributed by atoms with Gasteiger partial charge >= 0.3 is 5.97 Å². The average Bonchev–Trinajstić information content (AvgIpc) is 3.70. The molecule has 0 saturated heterocycles. The van der Waals surface area contributed by atoms with Gasteiger partial charge < -0.3 is 10.0 Å². The first-order valence-electron chi connectivity index (χ1n) is 14.2. The molecule has 2 N–H and O–H groups in total. The van der Waals surface area contributed by atoms with Gasteiger partial charge in [0, 0.05) is 36.0 Å². The van der Waals surface area contributed by atoms with E-state index in [4.69, 9.17) is 0 Å². The number of carbonyl (C=O) groups excluding carboxylic acids is 1. The highest BCUT2D eigenvalue weighted by atomic mass is 32.1. The number of nitrogens with one attached hydrogen (secondary N) is 1. The van der Waals surface area contributed by atoms with Gasteiger partial charge in [0.25, 0.3) is 5.91 Å². The Hall–Kier alpha value is -5.86. The summed E-state index contributed by atoms with van der Waals surface area (Å²) < 4.78 is 2.70. The van der Waals surface area contributed by atoms with Crippen LogP contribution in [0.25, 0.3) is 21.3 Å². The SMILES string of the molecule is N#Cc1cccc(Cn2cc(-c3ccc(N4CCc5cccc(C(=O)Nc6nc7ccccc7s6)c5C4)nc3C(=O)O)cn2)c1. The summed E-state index contributed by atoms with van der Waals surface area (Å²) in [5.74, 6) is -0.864. The van der Waals surface area contributed by atoms with Crippen molar-refractivity contribution < 1.29 is 14.7 Å². The zero-order valence-electron chi connectivity index (χ0n) is 23.8. The second kappa shape index (κ2) is 11.7. The molecule has 0 fully saturated rings. The normalized spacial score (nSPS) is 12.5. The first kappa shape index (κ1) is 27.9. The number of carbonyl (C=O) groups is 2. The zero-order valence-corrected chi connectivity index (χ0v) is 24.7. The number of aromatic carboxylic acids is 1. The quantitative estimate of drug-likeness (QED) is 0.225. The van der Waals surface area contributed by atoms with Gasteiger partial charge in [0.1, 0.15) is 5.82 Å². The van der Waals surface area contributed by atoms with E-state index in [9.17, 15) is 20.0 Å². The number of thiazole rings is 1. The predicted octanol–water partition coefficient (Wildman–Crippen LogP) is 5.99. The summed E-state index contributed by atoms with van der Waals surface area (Å²) >= 11 is 1.43. The number of fused-ring (bicyclic) bond motifs is 2. The third-order valence-electron chi connectivity index (χ3n) is 7.78. The van der Waals surface area contributed by atoms with Crippen LogP contribution in [0.4, 0.5) is 10.9 Å². The van der Waals surface area contributed by atoms with Crippen LogP contribution >= 0.6 is 11.3 Å². The fraction of sp³-hybridized carbons (Fsp3) is 0.118. The Morgan fingerprint density at radius 3 is 2.73 bits per heavy atom. The molecule has 1 aliphatic rings. The molecule has 0 spiro atoms. The van der Waals surface area contributed by atoms with Gasteiger partial charge in [-0.2, -0.15) is 10.4 Å². The summed E-state index contributed by atoms with van der Waals surface area (Å²) in [4.78, 5) is 36.9. The van der Waals surface area contributed by atoms with Crippen molar-refractivity contribution in [2.45, 2.75) is 19.5 Å². The molecule has 3 aromatic heterocycles. The Morgan fingerprint density at radius 1 is 1.02 bits per heavy atom. The summed E-state index contributed by atoms with van der Waals surface area (Å²) in [6.45, 7) is 1.47. The highest BCUT2D eigenvalue weighted by Crippen LogP contribution is 2.31. The highest BCUT2D eigenvalue weighted by Gasteiger charge is 2.25. The lowest BCUT2D eigenvalue weighted by Crippen LogP contribution is -2.33. The van der Waals surface area contributed by atoms with Crippen molar-refractivity contribution >= 4 is 44.4 Å². The number of carboxylic acid groups (broad SMARTS) is 1. The van der Waals surface area contributed by atoms with E-state index in [1.54, 1.807) is 41.3 Å². The Balaban J connectivity index is 1.13. The highest BCUT2D eigenvalue weighted by molar-refractivity contribution is 7.22. The number of carboxylic acids is 1. The number of nitrogens with zero attached hydrogens (tertiary/aromatic N) is 6. The molecule has 7 rings (SSSR count). The van der Waals surface area contributed by atoms with Crippen molar-refractivity contribution in [2.75, 3.05) is 16.8 Å². The van der Waals surface area contributed by atoms with E-state index in [0.717, 1.165) is 26.9 Å². The maximum Gasteiger partial charge on any atom is 0.355 e. The lowest BCUT2D eigenvalue weighted by molar-refractivity contribution is 0.0691. The van der Waals surface area contributed by atoms with E-state index < -0.39 is 5.97 Å². The van der Waals surface area contributed by atoms with Crippen molar-refractivity contribution in [1.82, 2.24) is 19.7 Å². The third kappa shape index (κ3) is 5.62. The van der Waals surface area contributed by atoms with E-state index in [-0.39, 0.29) is 11.6 Å². The second-order valence-electron chi connectivity index (χ2n) is 10.7. The van der Waals surface area contributed by atoms with Gasteiger partial charge in [-0.05, 0) is 65.6 Å². The van der Waals surface area contributed by atoms with Gasteiger partial charge in [-0.1, -0.05) is 47.7 Å². The van der Waals surface area contributed by atoms with Crippen LogP contribution in [0.1, 0.15) is 43.1 Å². The third-order valence-corrected chi connectivity index (χ3v) is 8.74. The molecule has 6 aromatic rings. The molecule has 0 aliphatic carbocycles. The molecule has 1 aliphatic heterocycles. The van der Waals surface area contributed by atoms with Gasteiger partial charge in [-0.25, -0.2) is 14.8 Å². The average molecular weight is 612 g/mol. The number of para-hydroxylation sites is 1. The molecular weight excluding hydrogens is 586 g/mol. The van der Waals surface area contributed by atoms with Crippen molar-refractivity contribution in [2.24, 2.45) is 0 Å². The van der Waals surface area contributed by atoms with Gasteiger partial charge in [0.2, 0.25) is 0 Å². The van der Waals surface area contributed by atoms with E-state index in [2.05, 4.69) is 26.5 Å². The minimum Gasteiger partial charge on any atom is -0.476 e. The van der Waals surface area contributed by atoms with Crippen LogP contribution in [0.3, 0.4) is 0 Å². The number of hydrogen-bond acceptors (Lipinski definition) is 8. The van der Waals surface area contributed by atoms with Crippen LogP contribution < -0.4 is 10.2 Å². The molecule has 11 heteroatoms. The molecule has 0 atom stereocenters. The number of benzene rings is 3. The summed E-state index contributed by atoms with van der Waals surface area (Å²) in [6, 6.07) is 26.4. The predicted molar refractivity (Wildman–Crippen MR) is 171 cm³/mol. The van der Waals surface area contributed by atoms with Crippen LogP contribution in [-0.2, 0) is 19.5 Å². The molecule has 45 heavy (non-hydrogen) atoms. The summed E-state index contributed by atoms with van der Waals surface area (Å²) in [6.07, 6.45) is 4.07. The monoisotopic (exact) mass is 611 g/mol. The Labute approximate surface area is 261 Å². The summed E-state index contributed by atoms with van der Waals surface area (Å²) in [5.41, 5.74) is 5.82. The van der Waals surface area contributed by atoms with Crippen molar-refractivity contribution in [3.63, 3.8) is 0 Å². The van der Waals surface area contributed by atoms with E-state index in [1.807, 2.05) is 59.5 Å². The van der Waals surface area contributed by atoms with Crippen molar-refractivity contribution in [1.29, 1.82) is 5.26 Å². The first-order chi connectivity index (χ1) is 21.9. The standard InChI is InChI=1S/C34H25N7O3S/c35-16-21-5-3-6-22(15-21)18-41-19-24(17-36-41)25-11-12-30(38-31(25)33(43)44)40-14-13-23-7-4-8-26(27(23)20-40)32(42)39-34-37-28-9-1-2-10-29(28)45-34/h1-12,15,17,19H,13-14,18,20H2,(H,43,44)(H,37,39,42). The van der Waals surface area contributed by atoms with Crippen LogP contribution in [0.2, 0.25) is 0 Å². The fourth-order valence-corrected chi connectivity index (χ4v) is 6.48. The van der Waals surface area contributed by atoms with Crippen molar-refractivity contribution in [3.05, 3.63) is 125 Å². The minimum atomic E-state index is -1.14. The Morgan fingerprint density at radius 2 is 1.89 bits per heavy atom. The van der Waals surface area contributed by atoms with Crippen LogP contribution in [0, 0.1) is 11.3 Å². The molecule has 0 unspecified atom stereocenters. The molecule has 10 nitrogen and oxygen atoms in total. The van der Waals surface area contributed by atoms with Crippen molar-refractivity contribution in [3.8, 4) is 17.2 Å². The summed E-state index contributed by atoms with van der Waals surface area (Å²) in [5, 5.41) is 27.2.